The van der Waals surface area contributed by atoms with E-state index in [1.165, 1.54) is 0 Å². The summed E-state index contributed by atoms with van der Waals surface area (Å²) in [5.41, 5.74) is 2.43. The van der Waals surface area contributed by atoms with E-state index in [0.717, 1.165) is 22.3 Å². The van der Waals surface area contributed by atoms with Crippen molar-refractivity contribution in [3.8, 4) is 11.4 Å². The molecule has 20 heavy (non-hydrogen) atoms. The first kappa shape index (κ1) is 11.3. The van der Waals surface area contributed by atoms with Crippen LogP contribution in [0.4, 0.5) is 0 Å². The minimum atomic E-state index is 0.338. The number of benzene rings is 1. The van der Waals surface area contributed by atoms with E-state index in [4.69, 9.17) is 11.6 Å². The van der Waals surface area contributed by atoms with Gasteiger partial charge in [0.15, 0.2) is 16.6 Å². The van der Waals surface area contributed by atoms with Gasteiger partial charge in [-0.2, -0.15) is 0 Å². The summed E-state index contributed by atoms with van der Waals surface area (Å²) in [6, 6.07) is 9.85. The molecule has 4 rings (SSSR count). The molecule has 0 N–H and O–H groups in total. The molecule has 0 unspecified atom stereocenters. The first-order valence-electron chi connectivity index (χ1n) is 6.04. The second kappa shape index (κ2) is 4.25. The van der Waals surface area contributed by atoms with Crippen LogP contribution >= 0.6 is 11.6 Å². The number of para-hydroxylation sites is 1. The van der Waals surface area contributed by atoms with Crippen LogP contribution in [0.5, 0.6) is 0 Å². The number of hydrogen-bond acceptors (Lipinski definition) is 4. The van der Waals surface area contributed by atoms with Crippen LogP contribution in [-0.4, -0.2) is 24.6 Å². The van der Waals surface area contributed by atoms with Gasteiger partial charge in [-0.15, -0.1) is 10.2 Å². The molecule has 96 valence electrons. The maximum Gasteiger partial charge on any atom is 0.198 e. The van der Waals surface area contributed by atoms with Crippen molar-refractivity contribution in [3.63, 3.8) is 0 Å². The molecule has 0 aliphatic carbocycles. The van der Waals surface area contributed by atoms with Gasteiger partial charge >= 0.3 is 0 Å². The average Bonchev–Trinajstić information content (AvgIpc) is 2.92. The first-order chi connectivity index (χ1) is 9.84. The van der Waals surface area contributed by atoms with Crippen molar-refractivity contribution in [1.82, 2.24) is 24.6 Å². The third kappa shape index (κ3) is 1.57. The molecule has 0 aliphatic heterocycles. The Hall–Kier alpha value is -2.53. The van der Waals surface area contributed by atoms with Gasteiger partial charge in [-0.25, -0.2) is 4.98 Å². The zero-order valence-corrected chi connectivity index (χ0v) is 11.0. The van der Waals surface area contributed by atoms with Crippen LogP contribution < -0.4 is 0 Å². The number of pyridine rings is 1. The smallest absolute Gasteiger partial charge is 0.198 e. The summed E-state index contributed by atoms with van der Waals surface area (Å²) >= 11 is 6.03. The van der Waals surface area contributed by atoms with E-state index >= 15 is 0 Å². The SMILES string of the molecule is Clc1nccn2c(-c3ccnc4ccccc34)nnc12. The third-order valence-electron chi connectivity index (χ3n) is 3.17. The average molecular weight is 282 g/mol. The fourth-order valence-electron chi connectivity index (χ4n) is 2.27. The fraction of sp³-hybridized carbons (Fsp3) is 0. The standard InChI is InChI=1S/C14H8ClN5/c15-12-14-19-18-13(20(14)8-7-17-12)10-5-6-16-11-4-2-1-3-9(10)11/h1-8H. The summed E-state index contributed by atoms with van der Waals surface area (Å²) < 4.78 is 1.83. The highest BCUT2D eigenvalue weighted by Crippen LogP contribution is 2.27. The van der Waals surface area contributed by atoms with Crippen LogP contribution in [0.2, 0.25) is 5.15 Å². The molecule has 0 saturated carbocycles. The Morgan fingerprint density at radius 1 is 0.950 bits per heavy atom. The zero-order valence-electron chi connectivity index (χ0n) is 10.2. The summed E-state index contributed by atoms with van der Waals surface area (Å²) in [6.07, 6.45) is 5.19. The molecule has 0 spiro atoms. The normalized spacial score (nSPS) is 11.2. The van der Waals surface area contributed by atoms with Gasteiger partial charge in [0.05, 0.1) is 5.52 Å². The van der Waals surface area contributed by atoms with Gasteiger partial charge in [-0.3, -0.25) is 9.38 Å². The van der Waals surface area contributed by atoms with Crippen LogP contribution in [0, 0.1) is 0 Å². The first-order valence-corrected chi connectivity index (χ1v) is 6.42. The zero-order chi connectivity index (χ0) is 13.5. The lowest BCUT2D eigenvalue weighted by atomic mass is 10.1. The number of hydrogen-bond donors (Lipinski definition) is 0. The highest BCUT2D eigenvalue weighted by atomic mass is 35.5. The van der Waals surface area contributed by atoms with E-state index in [2.05, 4.69) is 20.2 Å². The Morgan fingerprint density at radius 2 is 1.85 bits per heavy atom. The van der Waals surface area contributed by atoms with E-state index in [-0.39, 0.29) is 0 Å². The van der Waals surface area contributed by atoms with Crippen molar-refractivity contribution in [1.29, 1.82) is 0 Å². The molecular weight excluding hydrogens is 274 g/mol. The maximum atomic E-state index is 6.03. The molecule has 5 nitrogen and oxygen atoms in total. The molecule has 1 aromatic carbocycles. The lowest BCUT2D eigenvalue weighted by Gasteiger charge is -2.04. The Morgan fingerprint density at radius 3 is 2.80 bits per heavy atom. The number of aromatic nitrogens is 5. The van der Waals surface area contributed by atoms with Crippen molar-refractivity contribution in [2.75, 3.05) is 0 Å². The Kier molecular flexibility index (Phi) is 2.40. The van der Waals surface area contributed by atoms with Crippen LogP contribution in [0.3, 0.4) is 0 Å². The Balaban J connectivity index is 2.09. The summed E-state index contributed by atoms with van der Waals surface area (Å²) in [7, 11) is 0. The molecule has 0 aliphatic rings. The Labute approximate surface area is 118 Å². The highest BCUT2D eigenvalue weighted by molar-refractivity contribution is 6.32. The van der Waals surface area contributed by atoms with Crippen LogP contribution in [0.15, 0.2) is 48.9 Å². The fourth-order valence-corrected chi connectivity index (χ4v) is 2.46. The summed E-state index contributed by atoms with van der Waals surface area (Å²) in [4.78, 5) is 8.36. The molecule has 0 radical (unpaired) electrons. The van der Waals surface area contributed by atoms with Gasteiger partial charge in [0.1, 0.15) is 0 Å². The van der Waals surface area contributed by atoms with Crippen molar-refractivity contribution in [2.45, 2.75) is 0 Å². The number of halogens is 1. The quantitative estimate of drug-likeness (QED) is 0.538. The topological polar surface area (TPSA) is 56.0 Å². The molecule has 0 saturated heterocycles. The molecule has 3 heterocycles. The van der Waals surface area contributed by atoms with Gasteiger partial charge in [-0.05, 0) is 12.1 Å². The number of nitrogens with zero attached hydrogens (tertiary/aromatic N) is 5. The van der Waals surface area contributed by atoms with Crippen molar-refractivity contribution < 1.29 is 0 Å². The predicted octanol–water partition coefficient (Wildman–Crippen LogP) is 2.99. The van der Waals surface area contributed by atoms with Crippen molar-refractivity contribution in [2.24, 2.45) is 0 Å². The Bertz CT molecular complexity index is 926. The largest absolute Gasteiger partial charge is 0.278 e. The maximum absolute atomic E-state index is 6.03. The van der Waals surface area contributed by atoms with Gasteiger partial charge in [0.25, 0.3) is 0 Å². The number of fused-ring (bicyclic) bond motifs is 2. The lowest BCUT2D eigenvalue weighted by Crippen LogP contribution is -1.92. The van der Waals surface area contributed by atoms with Crippen LogP contribution in [0.25, 0.3) is 27.9 Å². The van der Waals surface area contributed by atoms with E-state index in [9.17, 15) is 0 Å². The molecule has 0 bridgehead atoms. The summed E-state index contributed by atoms with van der Waals surface area (Å²) in [5, 5.41) is 9.70. The summed E-state index contributed by atoms with van der Waals surface area (Å²) in [6.45, 7) is 0. The second-order valence-corrected chi connectivity index (χ2v) is 4.67. The molecule has 0 amide bonds. The molecule has 3 aromatic heterocycles. The predicted molar refractivity (Wildman–Crippen MR) is 76.5 cm³/mol. The third-order valence-corrected chi connectivity index (χ3v) is 3.44. The minimum Gasteiger partial charge on any atom is -0.278 e. The van der Waals surface area contributed by atoms with E-state index in [0.29, 0.717) is 10.8 Å². The lowest BCUT2D eigenvalue weighted by molar-refractivity contribution is 1.11. The van der Waals surface area contributed by atoms with Crippen molar-refractivity contribution in [3.05, 3.63) is 54.1 Å². The molecule has 6 heteroatoms. The van der Waals surface area contributed by atoms with Gasteiger partial charge < -0.3 is 0 Å². The molecular formula is C14H8ClN5. The minimum absolute atomic E-state index is 0.338. The van der Waals surface area contributed by atoms with E-state index in [1.807, 2.05) is 34.7 Å². The monoisotopic (exact) mass is 281 g/mol. The van der Waals surface area contributed by atoms with Crippen molar-refractivity contribution >= 4 is 28.2 Å². The van der Waals surface area contributed by atoms with Gasteiger partial charge in [0, 0.05) is 29.5 Å². The van der Waals surface area contributed by atoms with Gasteiger partial charge in [-0.1, -0.05) is 29.8 Å². The van der Waals surface area contributed by atoms with Gasteiger partial charge in [0.2, 0.25) is 0 Å². The van der Waals surface area contributed by atoms with Crippen LogP contribution in [0.1, 0.15) is 0 Å². The highest BCUT2D eigenvalue weighted by Gasteiger charge is 2.13. The van der Waals surface area contributed by atoms with Crippen LogP contribution in [-0.2, 0) is 0 Å². The number of rotatable bonds is 1. The summed E-state index contributed by atoms with van der Waals surface area (Å²) in [5.74, 6) is 0.725. The van der Waals surface area contributed by atoms with E-state index < -0.39 is 0 Å². The molecule has 0 atom stereocenters. The second-order valence-electron chi connectivity index (χ2n) is 4.31. The molecule has 0 fully saturated rings. The van der Waals surface area contributed by atoms with E-state index in [1.54, 1.807) is 18.6 Å². The molecule has 4 aromatic rings.